The molecule has 3 aromatic rings. The van der Waals surface area contributed by atoms with Crippen LogP contribution in [0.15, 0.2) is 55.2 Å². The molecule has 7 heteroatoms. The minimum absolute atomic E-state index is 0.264. The Morgan fingerprint density at radius 1 is 1.14 bits per heavy atom. The molecular weight excluding hydrogens is 290 g/mol. The zero-order valence-corrected chi connectivity index (χ0v) is 11.5. The number of rotatable bonds is 3. The van der Waals surface area contributed by atoms with Crippen LogP contribution in [0, 0.1) is 0 Å². The van der Waals surface area contributed by atoms with Crippen molar-refractivity contribution < 1.29 is 4.79 Å². The molecule has 104 valence electrons. The molecule has 0 radical (unpaired) electrons. The first kappa shape index (κ1) is 13.3. The van der Waals surface area contributed by atoms with Crippen molar-refractivity contribution in [2.45, 2.75) is 0 Å². The summed E-state index contributed by atoms with van der Waals surface area (Å²) in [4.78, 5) is 16.4. The second-order valence-electron chi connectivity index (χ2n) is 4.21. The van der Waals surface area contributed by atoms with Gasteiger partial charge in [0.25, 0.3) is 5.91 Å². The van der Waals surface area contributed by atoms with E-state index in [0.717, 1.165) is 0 Å². The number of halogens is 1. The molecule has 21 heavy (non-hydrogen) atoms. The van der Waals surface area contributed by atoms with Crippen LogP contribution in [-0.2, 0) is 0 Å². The molecule has 0 aliphatic carbocycles. The van der Waals surface area contributed by atoms with Crippen molar-refractivity contribution in [2.75, 3.05) is 5.32 Å². The molecule has 0 aliphatic heterocycles. The van der Waals surface area contributed by atoms with Gasteiger partial charge in [-0.15, -0.1) is 10.2 Å². The minimum Gasteiger partial charge on any atom is -0.321 e. The molecule has 0 saturated carbocycles. The Hall–Kier alpha value is -2.73. The summed E-state index contributed by atoms with van der Waals surface area (Å²) in [6.07, 6.45) is 4.58. The van der Waals surface area contributed by atoms with E-state index >= 15 is 0 Å². The lowest BCUT2D eigenvalue weighted by Crippen LogP contribution is -2.13. The number of hydrogen-bond donors (Lipinski definition) is 1. The highest BCUT2D eigenvalue weighted by atomic mass is 35.5. The Labute approximate surface area is 125 Å². The van der Waals surface area contributed by atoms with E-state index in [1.165, 1.54) is 12.7 Å². The molecule has 0 unspecified atom stereocenters. The van der Waals surface area contributed by atoms with Gasteiger partial charge in [-0.2, -0.15) is 0 Å². The van der Waals surface area contributed by atoms with Crippen LogP contribution in [0.3, 0.4) is 0 Å². The summed E-state index contributed by atoms with van der Waals surface area (Å²) in [6.45, 7) is 0. The fourth-order valence-electron chi connectivity index (χ4n) is 1.78. The highest BCUT2D eigenvalue weighted by molar-refractivity contribution is 6.33. The van der Waals surface area contributed by atoms with Crippen LogP contribution < -0.4 is 5.32 Å². The van der Waals surface area contributed by atoms with Gasteiger partial charge in [-0.1, -0.05) is 23.7 Å². The fraction of sp³-hybridized carbons (Fsp3) is 0. The standard InChI is InChI=1S/C14H10ClN5O/c15-11-3-1-2-4-12(11)19-14(21)10-5-6-16-13(7-10)20-8-17-18-9-20/h1-9H,(H,19,21). The van der Waals surface area contributed by atoms with Crippen molar-refractivity contribution in [1.82, 2.24) is 19.7 Å². The average Bonchev–Trinajstić information content (AvgIpc) is 3.04. The monoisotopic (exact) mass is 299 g/mol. The normalized spacial score (nSPS) is 10.3. The number of nitrogens with one attached hydrogen (secondary N) is 1. The molecule has 0 aliphatic rings. The Morgan fingerprint density at radius 3 is 2.67 bits per heavy atom. The average molecular weight is 300 g/mol. The molecule has 1 amide bonds. The first-order chi connectivity index (χ1) is 10.2. The quantitative estimate of drug-likeness (QED) is 0.806. The zero-order valence-electron chi connectivity index (χ0n) is 10.8. The topological polar surface area (TPSA) is 72.7 Å². The lowest BCUT2D eigenvalue weighted by molar-refractivity contribution is 0.102. The minimum atomic E-state index is -0.264. The predicted molar refractivity (Wildman–Crippen MR) is 78.6 cm³/mol. The highest BCUT2D eigenvalue weighted by Crippen LogP contribution is 2.21. The molecule has 0 saturated heterocycles. The van der Waals surface area contributed by atoms with E-state index in [1.807, 2.05) is 0 Å². The number of benzene rings is 1. The van der Waals surface area contributed by atoms with E-state index in [0.29, 0.717) is 22.1 Å². The summed E-state index contributed by atoms with van der Waals surface area (Å²) < 4.78 is 1.62. The third-order valence-electron chi connectivity index (χ3n) is 2.81. The molecule has 3 rings (SSSR count). The molecule has 1 N–H and O–H groups in total. The van der Waals surface area contributed by atoms with Crippen molar-refractivity contribution >= 4 is 23.2 Å². The smallest absolute Gasteiger partial charge is 0.255 e. The van der Waals surface area contributed by atoms with Gasteiger partial charge in [0.1, 0.15) is 18.5 Å². The van der Waals surface area contributed by atoms with Gasteiger partial charge in [0.05, 0.1) is 10.7 Å². The molecule has 6 nitrogen and oxygen atoms in total. The molecule has 0 bridgehead atoms. The van der Waals surface area contributed by atoms with Crippen LogP contribution in [0.5, 0.6) is 0 Å². The van der Waals surface area contributed by atoms with Gasteiger partial charge in [0, 0.05) is 11.8 Å². The van der Waals surface area contributed by atoms with Crippen molar-refractivity contribution in [2.24, 2.45) is 0 Å². The first-order valence-electron chi connectivity index (χ1n) is 6.11. The van der Waals surface area contributed by atoms with E-state index < -0.39 is 0 Å². The maximum Gasteiger partial charge on any atom is 0.255 e. The third kappa shape index (κ3) is 2.90. The molecule has 0 fully saturated rings. The number of carbonyl (C=O) groups excluding carboxylic acids is 1. The van der Waals surface area contributed by atoms with Crippen LogP contribution in [0.2, 0.25) is 5.02 Å². The number of nitrogens with zero attached hydrogens (tertiary/aromatic N) is 4. The van der Waals surface area contributed by atoms with E-state index in [4.69, 9.17) is 11.6 Å². The molecule has 0 atom stereocenters. The third-order valence-corrected chi connectivity index (χ3v) is 3.14. The first-order valence-corrected chi connectivity index (χ1v) is 6.49. The predicted octanol–water partition coefficient (Wildman–Crippen LogP) is 2.57. The van der Waals surface area contributed by atoms with Gasteiger partial charge in [-0.3, -0.25) is 9.36 Å². The number of carbonyl (C=O) groups is 1. The number of anilines is 1. The molecule has 1 aromatic carbocycles. The Morgan fingerprint density at radius 2 is 1.90 bits per heavy atom. The number of amides is 1. The van der Waals surface area contributed by atoms with Crippen LogP contribution in [0.1, 0.15) is 10.4 Å². The number of hydrogen-bond acceptors (Lipinski definition) is 4. The molecule has 2 heterocycles. The van der Waals surface area contributed by atoms with Crippen LogP contribution in [0.4, 0.5) is 5.69 Å². The summed E-state index contributed by atoms with van der Waals surface area (Å²) in [5, 5.41) is 10.7. The summed E-state index contributed by atoms with van der Waals surface area (Å²) in [6, 6.07) is 10.3. The zero-order chi connectivity index (χ0) is 14.7. The van der Waals surface area contributed by atoms with E-state index in [1.54, 1.807) is 47.2 Å². The molecular formula is C14H10ClN5O. The van der Waals surface area contributed by atoms with Crippen LogP contribution in [0.25, 0.3) is 5.82 Å². The Balaban J connectivity index is 1.85. The van der Waals surface area contributed by atoms with Gasteiger partial charge >= 0.3 is 0 Å². The fourth-order valence-corrected chi connectivity index (χ4v) is 1.96. The number of para-hydroxylation sites is 1. The second-order valence-corrected chi connectivity index (χ2v) is 4.61. The summed E-state index contributed by atoms with van der Waals surface area (Å²) in [5.74, 6) is 0.298. The second kappa shape index (κ2) is 5.72. The van der Waals surface area contributed by atoms with Crippen LogP contribution >= 0.6 is 11.6 Å². The maximum atomic E-state index is 12.3. The highest BCUT2D eigenvalue weighted by Gasteiger charge is 2.10. The van der Waals surface area contributed by atoms with Crippen LogP contribution in [-0.4, -0.2) is 25.7 Å². The number of aromatic nitrogens is 4. The number of pyridine rings is 1. The Bertz CT molecular complexity index is 773. The lowest BCUT2D eigenvalue weighted by atomic mass is 10.2. The van der Waals surface area contributed by atoms with Gasteiger partial charge in [-0.25, -0.2) is 4.98 Å². The van der Waals surface area contributed by atoms with Gasteiger partial charge in [-0.05, 0) is 24.3 Å². The van der Waals surface area contributed by atoms with Crippen molar-refractivity contribution in [3.8, 4) is 5.82 Å². The van der Waals surface area contributed by atoms with Crippen molar-refractivity contribution in [1.29, 1.82) is 0 Å². The van der Waals surface area contributed by atoms with Gasteiger partial charge in [0.15, 0.2) is 0 Å². The van der Waals surface area contributed by atoms with Gasteiger partial charge in [0.2, 0.25) is 0 Å². The SMILES string of the molecule is O=C(Nc1ccccc1Cl)c1ccnc(-n2cnnc2)c1. The summed E-state index contributed by atoms with van der Waals surface area (Å²) >= 11 is 6.02. The molecule has 2 aromatic heterocycles. The van der Waals surface area contributed by atoms with Gasteiger partial charge < -0.3 is 5.32 Å². The largest absolute Gasteiger partial charge is 0.321 e. The summed E-state index contributed by atoms with van der Waals surface area (Å²) in [5.41, 5.74) is 1.03. The Kier molecular flexibility index (Phi) is 3.61. The lowest BCUT2D eigenvalue weighted by Gasteiger charge is -2.08. The van der Waals surface area contributed by atoms with E-state index in [-0.39, 0.29) is 5.91 Å². The summed E-state index contributed by atoms with van der Waals surface area (Å²) in [7, 11) is 0. The van der Waals surface area contributed by atoms with E-state index in [9.17, 15) is 4.79 Å². The molecule has 0 spiro atoms. The maximum absolute atomic E-state index is 12.3. The van der Waals surface area contributed by atoms with Crippen molar-refractivity contribution in [3.63, 3.8) is 0 Å². The van der Waals surface area contributed by atoms with Crippen molar-refractivity contribution in [3.05, 3.63) is 65.8 Å². The van der Waals surface area contributed by atoms with E-state index in [2.05, 4.69) is 20.5 Å².